The van der Waals surface area contributed by atoms with Gasteiger partial charge in [-0.1, -0.05) is 23.7 Å². The number of amides is 1. The number of nitrogens with one attached hydrogen (secondary N) is 1. The fourth-order valence-corrected chi connectivity index (χ4v) is 1.85. The van der Waals surface area contributed by atoms with Gasteiger partial charge in [-0.05, 0) is 25.1 Å². The zero-order chi connectivity index (χ0) is 13.0. The third-order valence-electron chi connectivity index (χ3n) is 2.61. The third kappa shape index (κ3) is 3.11. The molecule has 4 nitrogen and oxygen atoms in total. The molecule has 5 heteroatoms. The Morgan fingerprint density at radius 1 is 1.44 bits per heavy atom. The Hall–Kier alpha value is -1.81. The minimum Gasteiger partial charge on any atom is -0.325 e. The van der Waals surface area contributed by atoms with Gasteiger partial charge in [0.2, 0.25) is 5.91 Å². The fraction of sp³-hybridized carbons (Fsp3) is 0.231. The van der Waals surface area contributed by atoms with Crippen LogP contribution in [-0.2, 0) is 4.79 Å². The van der Waals surface area contributed by atoms with Crippen molar-refractivity contribution in [2.45, 2.75) is 19.4 Å². The van der Waals surface area contributed by atoms with Gasteiger partial charge in [-0.2, -0.15) is 5.10 Å². The van der Waals surface area contributed by atoms with Gasteiger partial charge >= 0.3 is 0 Å². The Balaban J connectivity index is 1.95. The number of anilines is 1. The summed E-state index contributed by atoms with van der Waals surface area (Å²) in [6.07, 6.45) is 3.89. The first-order valence-corrected chi connectivity index (χ1v) is 6.08. The molecule has 0 spiro atoms. The van der Waals surface area contributed by atoms with Gasteiger partial charge < -0.3 is 5.32 Å². The highest BCUT2D eigenvalue weighted by Gasteiger charge is 2.11. The molecule has 0 aliphatic heterocycles. The van der Waals surface area contributed by atoms with Gasteiger partial charge in [-0.15, -0.1) is 0 Å². The highest BCUT2D eigenvalue weighted by atomic mass is 35.5. The maximum absolute atomic E-state index is 11.9. The van der Waals surface area contributed by atoms with Crippen LogP contribution in [0, 0.1) is 0 Å². The number of hydrogen-bond acceptors (Lipinski definition) is 2. The quantitative estimate of drug-likeness (QED) is 0.921. The van der Waals surface area contributed by atoms with Crippen molar-refractivity contribution < 1.29 is 4.79 Å². The van der Waals surface area contributed by atoms with E-state index in [9.17, 15) is 4.79 Å². The van der Waals surface area contributed by atoms with E-state index < -0.39 is 0 Å². The lowest BCUT2D eigenvalue weighted by molar-refractivity contribution is -0.116. The van der Waals surface area contributed by atoms with E-state index in [0.29, 0.717) is 17.1 Å². The van der Waals surface area contributed by atoms with Crippen LogP contribution in [0.5, 0.6) is 0 Å². The van der Waals surface area contributed by atoms with Crippen molar-refractivity contribution in [2.75, 3.05) is 5.32 Å². The summed E-state index contributed by atoms with van der Waals surface area (Å²) in [5, 5.41) is 7.43. The van der Waals surface area contributed by atoms with Crippen LogP contribution in [-0.4, -0.2) is 15.7 Å². The van der Waals surface area contributed by atoms with Gasteiger partial charge in [0.05, 0.1) is 16.8 Å². The number of para-hydroxylation sites is 1. The Kier molecular flexibility index (Phi) is 3.99. The minimum atomic E-state index is -0.0777. The summed E-state index contributed by atoms with van der Waals surface area (Å²) >= 11 is 5.97. The van der Waals surface area contributed by atoms with E-state index in [1.165, 1.54) is 0 Å². The lowest BCUT2D eigenvalue weighted by Crippen LogP contribution is -2.18. The van der Waals surface area contributed by atoms with Crippen LogP contribution in [0.2, 0.25) is 5.02 Å². The number of nitrogens with zero attached hydrogens (tertiary/aromatic N) is 2. The van der Waals surface area contributed by atoms with Gasteiger partial charge in [0.25, 0.3) is 0 Å². The van der Waals surface area contributed by atoms with Crippen molar-refractivity contribution in [2.24, 2.45) is 0 Å². The fourth-order valence-electron chi connectivity index (χ4n) is 1.67. The van der Waals surface area contributed by atoms with E-state index in [0.717, 1.165) is 0 Å². The molecule has 0 fully saturated rings. The Morgan fingerprint density at radius 3 is 2.89 bits per heavy atom. The summed E-state index contributed by atoms with van der Waals surface area (Å²) in [7, 11) is 0. The molecule has 2 rings (SSSR count). The van der Waals surface area contributed by atoms with Crippen LogP contribution in [0.3, 0.4) is 0 Å². The van der Waals surface area contributed by atoms with Gasteiger partial charge in [-0.25, -0.2) is 0 Å². The molecule has 0 aliphatic rings. The van der Waals surface area contributed by atoms with Crippen LogP contribution >= 0.6 is 11.6 Å². The van der Waals surface area contributed by atoms with Crippen molar-refractivity contribution in [3.05, 3.63) is 47.7 Å². The molecule has 1 N–H and O–H groups in total. The predicted molar refractivity (Wildman–Crippen MR) is 71.6 cm³/mol. The van der Waals surface area contributed by atoms with Gasteiger partial charge in [0, 0.05) is 18.8 Å². The summed E-state index contributed by atoms with van der Waals surface area (Å²) in [6.45, 7) is 1.94. The predicted octanol–water partition coefficient (Wildman–Crippen LogP) is 3.13. The second kappa shape index (κ2) is 5.69. The molecule has 1 aromatic heterocycles. The largest absolute Gasteiger partial charge is 0.325 e. The van der Waals surface area contributed by atoms with Crippen LogP contribution in [0.15, 0.2) is 42.7 Å². The maximum Gasteiger partial charge on any atom is 0.226 e. The molecule has 0 saturated heterocycles. The standard InChI is InChI=1S/C13H14ClN3O/c1-10(17-8-4-7-15-17)9-13(18)16-12-6-3-2-5-11(12)14/h2-8,10H,9H2,1H3,(H,16,18)/t10-/m1/s1. The van der Waals surface area contributed by atoms with Gasteiger partial charge in [0.1, 0.15) is 0 Å². The normalized spacial score (nSPS) is 12.1. The molecule has 94 valence electrons. The highest BCUT2D eigenvalue weighted by molar-refractivity contribution is 6.33. The highest BCUT2D eigenvalue weighted by Crippen LogP contribution is 2.21. The number of hydrogen-bond donors (Lipinski definition) is 1. The average Bonchev–Trinajstić information content (AvgIpc) is 2.85. The minimum absolute atomic E-state index is 0.0162. The molecule has 0 aliphatic carbocycles. The average molecular weight is 264 g/mol. The molecular formula is C13H14ClN3O. The first kappa shape index (κ1) is 12.6. The number of aromatic nitrogens is 2. The van der Waals surface area contributed by atoms with Crippen LogP contribution < -0.4 is 5.32 Å². The molecule has 1 aromatic carbocycles. The van der Waals surface area contributed by atoms with E-state index in [-0.39, 0.29) is 11.9 Å². The summed E-state index contributed by atoms with van der Waals surface area (Å²) in [4.78, 5) is 11.9. The molecule has 0 radical (unpaired) electrons. The van der Waals surface area contributed by atoms with E-state index in [2.05, 4.69) is 10.4 Å². The molecule has 1 atom stereocenters. The first-order chi connectivity index (χ1) is 8.66. The van der Waals surface area contributed by atoms with Crippen molar-refractivity contribution >= 4 is 23.2 Å². The smallest absolute Gasteiger partial charge is 0.226 e. The van der Waals surface area contributed by atoms with E-state index in [1.807, 2.05) is 31.3 Å². The second-order valence-electron chi connectivity index (χ2n) is 4.07. The summed E-state index contributed by atoms with van der Waals surface area (Å²) < 4.78 is 1.76. The molecular weight excluding hydrogens is 250 g/mol. The molecule has 2 aromatic rings. The maximum atomic E-state index is 11.9. The zero-order valence-corrected chi connectivity index (χ0v) is 10.8. The topological polar surface area (TPSA) is 46.9 Å². The SMILES string of the molecule is C[C@H](CC(=O)Nc1ccccc1Cl)n1cccn1. The summed E-state index contributed by atoms with van der Waals surface area (Å²) in [5.41, 5.74) is 0.636. The number of rotatable bonds is 4. The number of benzene rings is 1. The summed E-state index contributed by atoms with van der Waals surface area (Å²) in [5.74, 6) is -0.0777. The van der Waals surface area contributed by atoms with Crippen molar-refractivity contribution in [3.8, 4) is 0 Å². The number of carbonyl (C=O) groups is 1. The Morgan fingerprint density at radius 2 is 2.22 bits per heavy atom. The lowest BCUT2D eigenvalue weighted by atomic mass is 10.2. The molecule has 0 bridgehead atoms. The van der Waals surface area contributed by atoms with Gasteiger partial charge in [-0.3, -0.25) is 9.48 Å². The van der Waals surface area contributed by atoms with Crippen molar-refractivity contribution in [1.29, 1.82) is 0 Å². The van der Waals surface area contributed by atoms with Crippen LogP contribution in [0.25, 0.3) is 0 Å². The molecule has 1 heterocycles. The second-order valence-corrected chi connectivity index (χ2v) is 4.47. The number of halogens is 1. The van der Waals surface area contributed by atoms with E-state index in [1.54, 1.807) is 23.0 Å². The Bertz CT molecular complexity index is 525. The number of carbonyl (C=O) groups excluding carboxylic acids is 1. The Labute approximate surface area is 111 Å². The molecule has 0 unspecified atom stereocenters. The molecule has 18 heavy (non-hydrogen) atoms. The van der Waals surface area contributed by atoms with Crippen LogP contribution in [0.4, 0.5) is 5.69 Å². The monoisotopic (exact) mass is 263 g/mol. The van der Waals surface area contributed by atoms with Crippen molar-refractivity contribution in [3.63, 3.8) is 0 Å². The van der Waals surface area contributed by atoms with E-state index in [4.69, 9.17) is 11.6 Å². The third-order valence-corrected chi connectivity index (χ3v) is 2.93. The summed E-state index contributed by atoms with van der Waals surface area (Å²) in [6, 6.07) is 9.03. The first-order valence-electron chi connectivity index (χ1n) is 5.70. The van der Waals surface area contributed by atoms with Crippen LogP contribution in [0.1, 0.15) is 19.4 Å². The van der Waals surface area contributed by atoms with E-state index >= 15 is 0 Å². The zero-order valence-electron chi connectivity index (χ0n) is 10.0. The van der Waals surface area contributed by atoms with Gasteiger partial charge in [0.15, 0.2) is 0 Å². The van der Waals surface area contributed by atoms with Crippen molar-refractivity contribution in [1.82, 2.24) is 9.78 Å². The molecule has 0 saturated carbocycles. The lowest BCUT2D eigenvalue weighted by Gasteiger charge is -2.12. The molecule has 1 amide bonds.